The van der Waals surface area contributed by atoms with Crippen LogP contribution in [0, 0.1) is 11.3 Å². The van der Waals surface area contributed by atoms with Gasteiger partial charge in [0.15, 0.2) is 0 Å². The lowest BCUT2D eigenvalue weighted by Gasteiger charge is -2.20. The second kappa shape index (κ2) is 6.05. The van der Waals surface area contributed by atoms with Crippen LogP contribution in [0.15, 0.2) is 0 Å². The van der Waals surface area contributed by atoms with E-state index in [0.29, 0.717) is 23.8 Å². The molecule has 0 spiro atoms. The maximum Gasteiger partial charge on any atom is 0.221 e. The Kier molecular flexibility index (Phi) is 5.26. The lowest BCUT2D eigenvalue weighted by molar-refractivity contribution is -0.121. The monoisotopic (exact) mass is 260 g/mol. The number of nitrogens with one attached hydrogen (secondary N) is 2. The highest BCUT2D eigenvalue weighted by molar-refractivity contribution is 5.85. The van der Waals surface area contributed by atoms with Crippen LogP contribution in [-0.4, -0.2) is 25.0 Å². The first kappa shape index (κ1) is 14.8. The van der Waals surface area contributed by atoms with E-state index in [4.69, 9.17) is 0 Å². The first-order valence-corrected chi connectivity index (χ1v) is 6.62. The highest BCUT2D eigenvalue weighted by atomic mass is 35.5. The van der Waals surface area contributed by atoms with Gasteiger partial charge in [-0.25, -0.2) is 0 Å². The van der Waals surface area contributed by atoms with Crippen molar-refractivity contribution in [1.29, 1.82) is 0 Å². The van der Waals surface area contributed by atoms with E-state index < -0.39 is 0 Å². The molecule has 1 saturated heterocycles. The van der Waals surface area contributed by atoms with Crippen molar-refractivity contribution >= 4 is 18.3 Å². The molecule has 0 radical (unpaired) electrons. The molecule has 2 aliphatic rings. The Bertz CT molecular complexity index is 258. The van der Waals surface area contributed by atoms with Crippen molar-refractivity contribution in [3.8, 4) is 0 Å². The molecule has 2 rings (SSSR count). The molecule has 1 amide bonds. The number of rotatable bonds is 5. The van der Waals surface area contributed by atoms with Gasteiger partial charge in [0.2, 0.25) is 5.91 Å². The van der Waals surface area contributed by atoms with Crippen LogP contribution < -0.4 is 10.6 Å². The molecule has 4 heteroatoms. The molecule has 1 saturated carbocycles. The molecule has 1 atom stereocenters. The fraction of sp³-hybridized carbons (Fsp3) is 0.923. The predicted molar refractivity (Wildman–Crippen MR) is 72.4 cm³/mol. The van der Waals surface area contributed by atoms with Gasteiger partial charge in [-0.2, -0.15) is 0 Å². The Balaban J connectivity index is 0.00000144. The maximum atomic E-state index is 11.7. The van der Waals surface area contributed by atoms with Gasteiger partial charge in [-0.15, -0.1) is 12.4 Å². The third-order valence-corrected chi connectivity index (χ3v) is 4.35. The quantitative estimate of drug-likeness (QED) is 0.795. The zero-order valence-corrected chi connectivity index (χ0v) is 11.7. The fourth-order valence-corrected chi connectivity index (χ4v) is 2.62. The number of carbonyl (C=O) groups is 1. The normalized spacial score (nSPS) is 25.5. The number of amides is 1. The van der Waals surface area contributed by atoms with E-state index in [-0.39, 0.29) is 18.3 Å². The smallest absolute Gasteiger partial charge is 0.221 e. The van der Waals surface area contributed by atoms with E-state index in [1.54, 1.807) is 0 Å². The Morgan fingerprint density at radius 1 is 1.47 bits per heavy atom. The largest absolute Gasteiger partial charge is 0.355 e. The molecule has 100 valence electrons. The van der Waals surface area contributed by atoms with Crippen LogP contribution in [0.4, 0.5) is 0 Å². The van der Waals surface area contributed by atoms with E-state index in [9.17, 15) is 4.79 Å². The molecule has 0 aromatic heterocycles. The van der Waals surface area contributed by atoms with Crippen LogP contribution in [0.5, 0.6) is 0 Å². The van der Waals surface area contributed by atoms with Crippen LogP contribution in [0.25, 0.3) is 0 Å². The minimum Gasteiger partial charge on any atom is -0.355 e. The topological polar surface area (TPSA) is 41.1 Å². The number of carbonyl (C=O) groups excluding carboxylic acids is 1. The minimum absolute atomic E-state index is 0. The molecule has 0 aromatic carbocycles. The van der Waals surface area contributed by atoms with E-state index in [1.165, 1.54) is 19.3 Å². The Morgan fingerprint density at radius 3 is 2.65 bits per heavy atom. The lowest BCUT2D eigenvalue weighted by atomic mass is 9.92. The van der Waals surface area contributed by atoms with Gasteiger partial charge >= 0.3 is 0 Å². The van der Waals surface area contributed by atoms with Crippen molar-refractivity contribution < 1.29 is 4.79 Å². The summed E-state index contributed by atoms with van der Waals surface area (Å²) < 4.78 is 0. The van der Waals surface area contributed by atoms with Gasteiger partial charge in [0.05, 0.1) is 0 Å². The van der Waals surface area contributed by atoms with Crippen molar-refractivity contribution in [2.75, 3.05) is 13.1 Å². The van der Waals surface area contributed by atoms with E-state index in [1.807, 2.05) is 0 Å². The Hall–Kier alpha value is -0.280. The van der Waals surface area contributed by atoms with Crippen molar-refractivity contribution in [3.63, 3.8) is 0 Å². The molecule has 1 heterocycles. The van der Waals surface area contributed by atoms with Crippen LogP contribution >= 0.6 is 12.4 Å². The SMILES string of the molecule is CC(C)C1(CNC(=O)CC2CCCN2)CC1.Cl. The van der Waals surface area contributed by atoms with Gasteiger partial charge < -0.3 is 10.6 Å². The molecule has 1 aliphatic heterocycles. The van der Waals surface area contributed by atoms with Crippen molar-refractivity contribution in [2.45, 2.75) is 52.0 Å². The summed E-state index contributed by atoms with van der Waals surface area (Å²) in [6, 6.07) is 0.425. The van der Waals surface area contributed by atoms with Crippen molar-refractivity contribution in [3.05, 3.63) is 0 Å². The third-order valence-electron chi connectivity index (χ3n) is 4.35. The summed E-state index contributed by atoms with van der Waals surface area (Å²) >= 11 is 0. The average Bonchev–Trinajstić information content (AvgIpc) is 2.88. The fourth-order valence-electron chi connectivity index (χ4n) is 2.62. The molecule has 1 aliphatic carbocycles. The van der Waals surface area contributed by atoms with Gasteiger partial charge in [-0.3, -0.25) is 4.79 Å². The van der Waals surface area contributed by atoms with Gasteiger partial charge in [-0.1, -0.05) is 13.8 Å². The standard InChI is InChI=1S/C13H24N2O.ClH/c1-10(2)13(5-6-13)9-15-12(16)8-11-4-3-7-14-11;/h10-11,14H,3-9H2,1-2H3,(H,15,16);1H. The first-order chi connectivity index (χ1) is 7.62. The molecular weight excluding hydrogens is 236 g/mol. The summed E-state index contributed by atoms with van der Waals surface area (Å²) in [5.41, 5.74) is 0.429. The number of halogens is 1. The molecular formula is C13H25ClN2O. The van der Waals surface area contributed by atoms with Crippen LogP contribution in [0.3, 0.4) is 0 Å². The Morgan fingerprint density at radius 2 is 2.18 bits per heavy atom. The summed E-state index contributed by atoms with van der Waals surface area (Å²) in [5, 5.41) is 6.48. The molecule has 17 heavy (non-hydrogen) atoms. The molecule has 3 nitrogen and oxygen atoms in total. The second-order valence-electron chi connectivity index (χ2n) is 5.79. The number of hydrogen-bond acceptors (Lipinski definition) is 2. The molecule has 2 N–H and O–H groups in total. The molecule has 1 unspecified atom stereocenters. The predicted octanol–water partition coefficient (Wildman–Crippen LogP) is 2.10. The third kappa shape index (κ3) is 3.85. The maximum absolute atomic E-state index is 11.7. The van der Waals surface area contributed by atoms with Crippen LogP contribution in [0.2, 0.25) is 0 Å². The molecule has 0 aromatic rings. The zero-order valence-electron chi connectivity index (χ0n) is 10.9. The van der Waals surface area contributed by atoms with E-state index in [0.717, 1.165) is 19.5 Å². The van der Waals surface area contributed by atoms with Gasteiger partial charge in [0, 0.05) is 19.0 Å². The average molecular weight is 261 g/mol. The summed E-state index contributed by atoms with van der Waals surface area (Å²) in [4.78, 5) is 11.7. The van der Waals surface area contributed by atoms with E-state index in [2.05, 4.69) is 24.5 Å². The van der Waals surface area contributed by atoms with E-state index >= 15 is 0 Å². The first-order valence-electron chi connectivity index (χ1n) is 6.62. The number of hydrogen-bond donors (Lipinski definition) is 2. The summed E-state index contributed by atoms with van der Waals surface area (Å²) in [6.45, 7) is 6.49. The van der Waals surface area contributed by atoms with Crippen LogP contribution in [-0.2, 0) is 4.79 Å². The van der Waals surface area contributed by atoms with Crippen molar-refractivity contribution in [1.82, 2.24) is 10.6 Å². The second-order valence-corrected chi connectivity index (χ2v) is 5.79. The van der Waals surface area contributed by atoms with Crippen LogP contribution in [0.1, 0.15) is 46.0 Å². The van der Waals surface area contributed by atoms with Gasteiger partial charge in [0.1, 0.15) is 0 Å². The molecule has 0 bridgehead atoms. The molecule has 2 fully saturated rings. The summed E-state index contributed by atoms with van der Waals surface area (Å²) in [7, 11) is 0. The zero-order chi connectivity index (χ0) is 11.6. The minimum atomic E-state index is 0. The Labute approximate surface area is 111 Å². The highest BCUT2D eigenvalue weighted by Gasteiger charge is 2.45. The lowest BCUT2D eigenvalue weighted by Crippen LogP contribution is -2.36. The van der Waals surface area contributed by atoms with Gasteiger partial charge in [-0.05, 0) is 43.6 Å². The van der Waals surface area contributed by atoms with Gasteiger partial charge in [0.25, 0.3) is 0 Å². The van der Waals surface area contributed by atoms with Crippen molar-refractivity contribution in [2.24, 2.45) is 11.3 Å². The summed E-state index contributed by atoms with van der Waals surface area (Å²) in [5.74, 6) is 0.920. The highest BCUT2D eigenvalue weighted by Crippen LogP contribution is 2.51. The summed E-state index contributed by atoms with van der Waals surface area (Å²) in [6.07, 6.45) is 5.60.